The minimum atomic E-state index is -1.89. The lowest BCUT2D eigenvalue weighted by molar-refractivity contribution is -0.344. The lowest BCUT2D eigenvalue weighted by atomic mass is 9.86. The molecule has 0 radical (unpaired) electrons. The topological polar surface area (TPSA) is 139 Å². The zero-order valence-electron chi connectivity index (χ0n) is 22.5. The molecule has 10 nitrogen and oxygen atoms in total. The van der Waals surface area contributed by atoms with Gasteiger partial charge in [-0.2, -0.15) is 0 Å². The minimum absolute atomic E-state index is 0.0746. The first-order valence-electron chi connectivity index (χ1n) is 13.5. The highest BCUT2D eigenvalue weighted by atomic mass is 19.2. The van der Waals surface area contributed by atoms with E-state index in [0.717, 1.165) is 27.9 Å². The van der Waals surface area contributed by atoms with E-state index in [2.05, 4.69) is 15.6 Å². The average molecular weight is 597 g/mol. The fourth-order valence-corrected chi connectivity index (χ4v) is 5.63. The van der Waals surface area contributed by atoms with Gasteiger partial charge in [-0.3, -0.25) is 4.79 Å². The molecule has 43 heavy (non-hydrogen) atoms. The van der Waals surface area contributed by atoms with Gasteiger partial charge in [0.15, 0.2) is 17.5 Å². The molecule has 2 saturated heterocycles. The zero-order valence-corrected chi connectivity index (χ0v) is 22.5. The number of carbonyl (C=O) groups excluding carboxylic acids is 1. The molecule has 2 aliphatic rings. The largest absolute Gasteiger partial charge is 0.394 e. The van der Waals surface area contributed by atoms with E-state index in [1.807, 2.05) is 42.5 Å². The monoisotopic (exact) mass is 596 g/mol. The molecule has 1 amide bonds. The molecular formula is C30H27F3N4O6. The quantitative estimate of drug-likeness (QED) is 0.249. The molecule has 2 aliphatic heterocycles. The highest BCUT2D eigenvalue weighted by molar-refractivity contribution is 5.95. The summed E-state index contributed by atoms with van der Waals surface area (Å²) in [6.45, 7) is -0.598. The van der Waals surface area contributed by atoms with E-state index in [0.29, 0.717) is 5.56 Å². The number of halogens is 3. The van der Waals surface area contributed by atoms with E-state index in [1.54, 1.807) is 12.1 Å². The van der Waals surface area contributed by atoms with E-state index >= 15 is 0 Å². The van der Waals surface area contributed by atoms with Crippen molar-refractivity contribution in [2.24, 2.45) is 0 Å². The van der Waals surface area contributed by atoms with Gasteiger partial charge in [-0.15, -0.1) is 5.10 Å². The van der Waals surface area contributed by atoms with Crippen LogP contribution in [0.2, 0.25) is 0 Å². The minimum Gasteiger partial charge on any atom is -0.394 e. The summed E-state index contributed by atoms with van der Waals surface area (Å²) in [5, 5.41) is 43.2. The lowest BCUT2D eigenvalue weighted by Crippen LogP contribution is -2.69. The number of rotatable bonds is 6. The number of amides is 1. The third-order valence-corrected chi connectivity index (χ3v) is 7.86. The molecule has 2 fully saturated rings. The van der Waals surface area contributed by atoms with Gasteiger partial charge in [0.25, 0.3) is 5.91 Å². The maximum absolute atomic E-state index is 13.8. The first-order valence-corrected chi connectivity index (χ1v) is 13.5. The summed E-state index contributed by atoms with van der Waals surface area (Å²) < 4.78 is 54.0. The van der Waals surface area contributed by atoms with Crippen molar-refractivity contribution in [3.8, 4) is 22.4 Å². The third-order valence-electron chi connectivity index (χ3n) is 7.86. The summed E-state index contributed by atoms with van der Waals surface area (Å²) in [6, 6.07) is 15.8. The van der Waals surface area contributed by atoms with Gasteiger partial charge in [0, 0.05) is 11.1 Å². The highest BCUT2D eigenvalue weighted by Gasteiger charge is 2.62. The number of hydrogen-bond donors (Lipinski definition) is 4. The van der Waals surface area contributed by atoms with Crippen molar-refractivity contribution in [3.63, 3.8) is 0 Å². The number of nitrogens with one attached hydrogen (secondary N) is 1. The summed E-state index contributed by atoms with van der Waals surface area (Å²) in [5.74, 6) is -6.85. The van der Waals surface area contributed by atoms with Crippen molar-refractivity contribution in [1.82, 2.24) is 20.3 Å². The summed E-state index contributed by atoms with van der Waals surface area (Å²) >= 11 is 0. The van der Waals surface area contributed by atoms with Gasteiger partial charge >= 0.3 is 0 Å². The second-order valence-electron chi connectivity index (χ2n) is 10.4. The number of aliphatic hydroxyl groups excluding tert-OH is 3. The summed E-state index contributed by atoms with van der Waals surface area (Å²) in [5.41, 5.74) is 2.05. The number of ether oxygens (including phenoxy) is 2. The maximum Gasteiger partial charge on any atom is 0.251 e. The number of carbonyl (C=O) groups is 1. The van der Waals surface area contributed by atoms with Crippen molar-refractivity contribution in [2.75, 3.05) is 13.2 Å². The number of aliphatic hydroxyl groups is 3. The number of aromatic nitrogens is 3. The van der Waals surface area contributed by atoms with Gasteiger partial charge in [-0.1, -0.05) is 47.7 Å². The van der Waals surface area contributed by atoms with Gasteiger partial charge < -0.3 is 30.1 Å². The Bertz CT molecular complexity index is 1600. The predicted octanol–water partition coefficient (Wildman–Crippen LogP) is 2.60. The van der Waals surface area contributed by atoms with Crippen molar-refractivity contribution >= 4 is 5.91 Å². The number of nitrogens with zero attached hydrogens (tertiary/aromatic N) is 3. The summed E-state index contributed by atoms with van der Waals surface area (Å²) in [7, 11) is 0. The van der Waals surface area contributed by atoms with Crippen LogP contribution in [0.25, 0.3) is 22.4 Å². The van der Waals surface area contributed by atoms with Crippen molar-refractivity contribution in [1.29, 1.82) is 0 Å². The molecule has 1 spiro atoms. The van der Waals surface area contributed by atoms with Crippen LogP contribution in [0.15, 0.2) is 72.9 Å². The van der Waals surface area contributed by atoms with Crippen LogP contribution in [0, 0.1) is 17.5 Å². The molecular weight excluding hydrogens is 569 g/mol. The molecule has 1 aromatic heterocycles. The van der Waals surface area contributed by atoms with Crippen molar-refractivity contribution < 1.29 is 42.8 Å². The van der Waals surface area contributed by atoms with E-state index in [1.165, 1.54) is 6.20 Å². The van der Waals surface area contributed by atoms with Crippen LogP contribution in [-0.4, -0.2) is 79.6 Å². The van der Waals surface area contributed by atoms with Crippen LogP contribution < -0.4 is 5.32 Å². The van der Waals surface area contributed by atoms with E-state index in [9.17, 15) is 33.3 Å². The molecule has 6 rings (SSSR count). The van der Waals surface area contributed by atoms with Crippen LogP contribution in [0.4, 0.5) is 13.2 Å². The van der Waals surface area contributed by atoms with Crippen LogP contribution >= 0.6 is 0 Å². The van der Waals surface area contributed by atoms with Crippen LogP contribution in [-0.2, 0) is 9.47 Å². The average Bonchev–Trinajstić information content (AvgIpc) is 3.66. The Morgan fingerprint density at radius 2 is 1.67 bits per heavy atom. The number of hydrogen-bond acceptors (Lipinski definition) is 8. The third kappa shape index (κ3) is 5.19. The Kier molecular flexibility index (Phi) is 7.75. The standard InChI is InChI=1S/C30H27F3N4O6/c31-20-12-19(13-21(32)25(20)33)22-14-37(36-35-22)26-27(39)23(15-38)43-30(28(26)40)24(10-11-42-30)34-29(41)18-8-6-17(7-9-18)16-4-2-1-3-5-16/h1-9,12-14,23-24,26-28,38-40H,10-11,15H2,(H,34,41)/t23-,24-,26+,27+,28-,30+/m1/s1. The Balaban J connectivity index is 1.26. The SMILES string of the molecule is O=C(N[C@@H]1CCO[C@]12O[C@H](CO)[C@H](O)[C@H](n1cc(-c3cc(F)c(F)c(F)c3)nn1)[C@H]2O)c1ccc(-c2ccccc2)cc1. The maximum atomic E-state index is 13.8. The molecule has 0 saturated carbocycles. The van der Waals surface area contributed by atoms with Gasteiger partial charge in [-0.05, 0) is 41.8 Å². The van der Waals surface area contributed by atoms with Crippen LogP contribution in [0.5, 0.6) is 0 Å². The molecule has 4 N–H and O–H groups in total. The normalized spacial score (nSPS) is 27.0. The highest BCUT2D eigenvalue weighted by Crippen LogP contribution is 2.43. The molecule has 6 atom stereocenters. The molecule has 0 bridgehead atoms. The predicted molar refractivity (Wildman–Crippen MR) is 145 cm³/mol. The van der Waals surface area contributed by atoms with Gasteiger partial charge in [-0.25, -0.2) is 17.9 Å². The Labute approximate surface area is 243 Å². The van der Waals surface area contributed by atoms with E-state index < -0.39 is 66.1 Å². The van der Waals surface area contributed by atoms with Crippen molar-refractivity contribution in [2.45, 2.75) is 42.6 Å². The van der Waals surface area contributed by atoms with Gasteiger partial charge in [0.1, 0.15) is 30.0 Å². The molecule has 4 aromatic rings. The summed E-state index contributed by atoms with van der Waals surface area (Å²) in [4.78, 5) is 13.3. The van der Waals surface area contributed by atoms with Gasteiger partial charge in [0.05, 0.1) is 25.5 Å². The molecule has 13 heteroatoms. The Morgan fingerprint density at radius 3 is 2.35 bits per heavy atom. The Hall–Kier alpha value is -4.14. The fourth-order valence-electron chi connectivity index (χ4n) is 5.63. The molecule has 3 heterocycles. The lowest BCUT2D eigenvalue weighted by Gasteiger charge is -2.49. The van der Waals surface area contributed by atoms with Crippen molar-refractivity contribution in [3.05, 3.63) is 95.9 Å². The molecule has 0 unspecified atom stereocenters. The van der Waals surface area contributed by atoms with Crippen LogP contribution in [0.1, 0.15) is 22.8 Å². The van der Waals surface area contributed by atoms with E-state index in [-0.39, 0.29) is 24.3 Å². The Morgan fingerprint density at radius 1 is 1.00 bits per heavy atom. The van der Waals surface area contributed by atoms with E-state index in [4.69, 9.17) is 9.47 Å². The van der Waals surface area contributed by atoms with Gasteiger partial charge in [0.2, 0.25) is 5.79 Å². The first kappa shape index (κ1) is 29.0. The second-order valence-corrected chi connectivity index (χ2v) is 10.4. The fraction of sp³-hybridized carbons (Fsp3) is 0.300. The second kappa shape index (κ2) is 11.5. The molecule has 224 valence electrons. The van der Waals surface area contributed by atoms with Crippen LogP contribution in [0.3, 0.4) is 0 Å². The smallest absolute Gasteiger partial charge is 0.251 e. The zero-order chi connectivity index (χ0) is 30.3. The summed E-state index contributed by atoms with van der Waals surface area (Å²) in [6.07, 6.45) is -3.03. The molecule has 3 aromatic carbocycles. The number of benzene rings is 3. The first-order chi connectivity index (χ1) is 20.7. The molecule has 0 aliphatic carbocycles.